The first kappa shape index (κ1) is 18.4. The Bertz CT molecular complexity index is 681. The second-order valence-electron chi connectivity index (χ2n) is 5.59. The van der Waals surface area contributed by atoms with Crippen molar-refractivity contribution in [3.05, 3.63) is 59.1 Å². The summed E-state index contributed by atoms with van der Waals surface area (Å²) in [7, 11) is 1.98. The highest BCUT2D eigenvalue weighted by Crippen LogP contribution is 2.21. The third-order valence-electron chi connectivity index (χ3n) is 3.84. The molecule has 0 saturated heterocycles. The lowest BCUT2D eigenvalue weighted by Gasteiger charge is -2.26. The number of halogens is 2. The number of amides is 1. The molecular formula is C18H21ClFN3O. The van der Waals surface area contributed by atoms with Crippen LogP contribution in [0.5, 0.6) is 0 Å². The summed E-state index contributed by atoms with van der Waals surface area (Å²) in [4.78, 5) is 18.6. The summed E-state index contributed by atoms with van der Waals surface area (Å²) in [6, 6.07) is 10.1. The smallest absolute Gasteiger partial charge is 0.225 e. The maximum atomic E-state index is 13.1. The van der Waals surface area contributed by atoms with Gasteiger partial charge >= 0.3 is 0 Å². The van der Waals surface area contributed by atoms with E-state index in [4.69, 9.17) is 11.6 Å². The lowest BCUT2D eigenvalue weighted by molar-refractivity contribution is -0.116. The van der Waals surface area contributed by atoms with E-state index in [1.165, 1.54) is 18.2 Å². The summed E-state index contributed by atoms with van der Waals surface area (Å²) in [6.07, 6.45) is 3.01. The molecule has 1 heterocycles. The van der Waals surface area contributed by atoms with Gasteiger partial charge in [0.25, 0.3) is 0 Å². The van der Waals surface area contributed by atoms with Crippen molar-refractivity contribution >= 4 is 23.2 Å². The topological polar surface area (TPSA) is 45.2 Å². The van der Waals surface area contributed by atoms with Gasteiger partial charge in [-0.15, -0.1) is 0 Å². The Morgan fingerprint density at radius 3 is 2.79 bits per heavy atom. The minimum absolute atomic E-state index is 0.00822. The number of aromatic nitrogens is 1. The normalized spacial score (nSPS) is 12.2. The minimum Gasteiger partial charge on any atom is -0.326 e. The second kappa shape index (κ2) is 8.76. The van der Waals surface area contributed by atoms with Crippen LogP contribution in [0.2, 0.25) is 5.02 Å². The minimum atomic E-state index is -0.504. The molecule has 0 aliphatic carbocycles. The Hall–Kier alpha value is -1.98. The number of hydrogen-bond acceptors (Lipinski definition) is 3. The van der Waals surface area contributed by atoms with Crippen LogP contribution in [0.15, 0.2) is 42.6 Å². The maximum Gasteiger partial charge on any atom is 0.225 e. The zero-order valence-corrected chi connectivity index (χ0v) is 14.6. The molecule has 0 spiro atoms. The van der Waals surface area contributed by atoms with Crippen LogP contribution in [0.4, 0.5) is 10.1 Å². The third-order valence-corrected chi connectivity index (χ3v) is 4.13. The largest absolute Gasteiger partial charge is 0.326 e. The molecule has 2 aromatic rings. The molecule has 4 nitrogen and oxygen atoms in total. The Labute approximate surface area is 146 Å². The lowest BCUT2D eigenvalue weighted by Crippen LogP contribution is -2.28. The third kappa shape index (κ3) is 5.01. The molecular weight excluding hydrogens is 329 g/mol. The molecule has 0 radical (unpaired) electrons. The molecule has 1 atom stereocenters. The Kier molecular flexibility index (Phi) is 6.70. The van der Waals surface area contributed by atoms with Crippen molar-refractivity contribution < 1.29 is 9.18 Å². The molecule has 0 fully saturated rings. The number of benzene rings is 1. The number of hydrogen-bond donors (Lipinski definition) is 1. The van der Waals surface area contributed by atoms with Gasteiger partial charge in [0, 0.05) is 24.8 Å². The predicted octanol–water partition coefficient (Wildman–Crippen LogP) is 4.29. The van der Waals surface area contributed by atoms with Gasteiger partial charge in [-0.2, -0.15) is 0 Å². The number of nitrogens with zero attached hydrogens (tertiary/aromatic N) is 2. The average Bonchev–Trinajstić information content (AvgIpc) is 2.58. The molecule has 0 unspecified atom stereocenters. The molecule has 6 heteroatoms. The molecule has 0 saturated carbocycles. The van der Waals surface area contributed by atoms with E-state index in [2.05, 4.69) is 22.1 Å². The molecule has 24 heavy (non-hydrogen) atoms. The molecule has 128 valence electrons. The summed E-state index contributed by atoms with van der Waals surface area (Å²) in [5.74, 6) is -0.643. The Morgan fingerprint density at radius 2 is 2.17 bits per heavy atom. The van der Waals surface area contributed by atoms with Crippen molar-refractivity contribution in [2.24, 2.45) is 0 Å². The molecule has 1 amide bonds. The summed E-state index contributed by atoms with van der Waals surface area (Å²) in [5.41, 5.74) is 1.49. The van der Waals surface area contributed by atoms with Crippen molar-refractivity contribution in [1.82, 2.24) is 9.88 Å². The van der Waals surface area contributed by atoms with Crippen LogP contribution >= 0.6 is 11.6 Å². The van der Waals surface area contributed by atoms with Crippen molar-refractivity contribution in [3.8, 4) is 0 Å². The SMILES string of the molecule is CC[C@@H](c1ccccn1)N(C)CCC(=O)Nc1ccc(F)c(Cl)c1. The molecule has 0 aliphatic rings. The van der Waals surface area contributed by atoms with Crippen LogP contribution in [0.1, 0.15) is 31.5 Å². The second-order valence-corrected chi connectivity index (χ2v) is 5.99. The standard InChI is InChI=1S/C18H21ClFN3O/c1-3-17(16-6-4-5-10-21-16)23(2)11-9-18(24)22-13-7-8-15(20)14(19)12-13/h4-8,10,12,17H,3,9,11H2,1-2H3,(H,22,24)/t17-/m0/s1. The van der Waals surface area contributed by atoms with Crippen LogP contribution in [0.25, 0.3) is 0 Å². The van der Waals surface area contributed by atoms with Gasteiger partial charge in [0.15, 0.2) is 0 Å². The van der Waals surface area contributed by atoms with Crippen LogP contribution in [0.3, 0.4) is 0 Å². The van der Waals surface area contributed by atoms with E-state index in [9.17, 15) is 9.18 Å². The van der Waals surface area contributed by atoms with Crippen LogP contribution in [0, 0.1) is 5.82 Å². The average molecular weight is 350 g/mol. The van der Waals surface area contributed by atoms with Gasteiger partial charge in [-0.1, -0.05) is 24.6 Å². The van der Waals surface area contributed by atoms with Crippen molar-refractivity contribution in [3.63, 3.8) is 0 Å². The fourth-order valence-corrected chi connectivity index (χ4v) is 2.73. The number of carbonyl (C=O) groups excluding carboxylic acids is 1. The molecule has 2 rings (SSSR count). The van der Waals surface area contributed by atoms with Gasteiger partial charge in [-0.3, -0.25) is 14.7 Å². The van der Waals surface area contributed by atoms with Crippen LogP contribution < -0.4 is 5.32 Å². The maximum absolute atomic E-state index is 13.1. The number of pyridine rings is 1. The first-order valence-electron chi connectivity index (χ1n) is 7.87. The first-order chi connectivity index (χ1) is 11.5. The van der Waals surface area contributed by atoms with Crippen LogP contribution in [-0.4, -0.2) is 29.4 Å². The first-order valence-corrected chi connectivity index (χ1v) is 8.25. The van der Waals surface area contributed by atoms with Gasteiger partial charge in [0.1, 0.15) is 5.82 Å². The van der Waals surface area contributed by atoms with Crippen LogP contribution in [-0.2, 0) is 4.79 Å². The molecule has 0 aliphatic heterocycles. The summed E-state index contributed by atoms with van der Waals surface area (Å²) in [5, 5.41) is 2.72. The fourth-order valence-electron chi connectivity index (χ4n) is 2.55. The molecule has 1 aromatic heterocycles. The van der Waals surface area contributed by atoms with E-state index in [0.717, 1.165) is 12.1 Å². The van der Waals surface area contributed by atoms with Gasteiger partial charge in [-0.05, 0) is 43.8 Å². The molecule has 1 N–H and O–H groups in total. The quantitative estimate of drug-likeness (QED) is 0.811. The van der Waals surface area contributed by atoms with Gasteiger partial charge in [0.2, 0.25) is 5.91 Å². The van der Waals surface area contributed by atoms with Crippen molar-refractivity contribution in [2.75, 3.05) is 18.9 Å². The number of rotatable bonds is 7. The predicted molar refractivity (Wildman–Crippen MR) is 94.6 cm³/mol. The molecule has 0 bridgehead atoms. The van der Waals surface area contributed by atoms with Crippen molar-refractivity contribution in [2.45, 2.75) is 25.8 Å². The number of anilines is 1. The summed E-state index contributed by atoms with van der Waals surface area (Å²) < 4.78 is 13.1. The van der Waals surface area contributed by atoms with E-state index in [-0.39, 0.29) is 17.0 Å². The zero-order valence-electron chi connectivity index (χ0n) is 13.8. The van der Waals surface area contributed by atoms with Gasteiger partial charge < -0.3 is 5.32 Å². The zero-order chi connectivity index (χ0) is 17.5. The highest BCUT2D eigenvalue weighted by Gasteiger charge is 2.17. The Balaban J connectivity index is 1.89. The summed E-state index contributed by atoms with van der Waals surface area (Å²) >= 11 is 5.71. The van der Waals surface area contributed by atoms with E-state index in [1.54, 1.807) is 6.20 Å². The van der Waals surface area contributed by atoms with E-state index >= 15 is 0 Å². The van der Waals surface area contributed by atoms with Gasteiger partial charge in [-0.25, -0.2) is 4.39 Å². The Morgan fingerprint density at radius 1 is 1.38 bits per heavy atom. The fraction of sp³-hybridized carbons (Fsp3) is 0.333. The van der Waals surface area contributed by atoms with Crippen molar-refractivity contribution in [1.29, 1.82) is 0 Å². The van der Waals surface area contributed by atoms with E-state index < -0.39 is 5.82 Å². The molecule has 1 aromatic carbocycles. The monoisotopic (exact) mass is 349 g/mol. The number of nitrogens with one attached hydrogen (secondary N) is 1. The lowest BCUT2D eigenvalue weighted by atomic mass is 10.1. The van der Waals surface area contributed by atoms with E-state index in [0.29, 0.717) is 18.7 Å². The number of carbonyl (C=O) groups is 1. The van der Waals surface area contributed by atoms with Gasteiger partial charge in [0.05, 0.1) is 16.8 Å². The highest BCUT2D eigenvalue weighted by molar-refractivity contribution is 6.31. The van der Waals surface area contributed by atoms with E-state index in [1.807, 2.05) is 25.2 Å². The summed E-state index contributed by atoms with van der Waals surface area (Å²) in [6.45, 7) is 2.69. The highest BCUT2D eigenvalue weighted by atomic mass is 35.5.